The minimum absolute atomic E-state index is 0.00733. The number of carbonyl (C=O) groups is 1. The lowest BCUT2D eigenvalue weighted by atomic mass is 10.1. The molecule has 0 spiro atoms. The van der Waals surface area contributed by atoms with Gasteiger partial charge < -0.3 is 9.64 Å². The molecule has 126 valence electrons. The normalized spacial score (nSPS) is 14.5. The molecule has 6 heteroatoms. The number of nitrogens with zero attached hydrogens (tertiary/aromatic N) is 3. The lowest BCUT2D eigenvalue weighted by Crippen LogP contribution is -2.35. The van der Waals surface area contributed by atoms with Gasteiger partial charge in [0.2, 0.25) is 5.78 Å². The van der Waals surface area contributed by atoms with E-state index in [1.165, 1.54) is 11.3 Å². The Hall–Kier alpha value is -2.57. The van der Waals surface area contributed by atoms with Gasteiger partial charge >= 0.3 is 0 Å². The van der Waals surface area contributed by atoms with Crippen molar-refractivity contribution in [2.45, 2.75) is 0 Å². The monoisotopic (exact) mass is 351 g/mol. The summed E-state index contributed by atoms with van der Waals surface area (Å²) >= 11 is 1.54. The van der Waals surface area contributed by atoms with Crippen molar-refractivity contribution in [1.29, 1.82) is 0 Å². The van der Waals surface area contributed by atoms with E-state index in [0.717, 1.165) is 34.1 Å². The van der Waals surface area contributed by atoms with Crippen LogP contribution in [0.5, 0.6) is 0 Å². The Balaban J connectivity index is 1.76. The molecule has 0 bridgehead atoms. The van der Waals surface area contributed by atoms with Crippen LogP contribution in [0.2, 0.25) is 0 Å². The van der Waals surface area contributed by atoms with Gasteiger partial charge in [-0.15, -0.1) is 11.3 Å². The fraction of sp³-hybridized carbons (Fsp3) is 0.211. The first-order valence-electron chi connectivity index (χ1n) is 8.14. The van der Waals surface area contributed by atoms with Gasteiger partial charge in [-0.25, -0.2) is 0 Å². The molecule has 0 aliphatic carbocycles. The second-order valence-corrected chi connectivity index (χ2v) is 6.77. The third-order valence-corrected chi connectivity index (χ3v) is 5.34. The molecule has 0 aromatic carbocycles. The van der Waals surface area contributed by atoms with Gasteiger partial charge in [0.05, 0.1) is 23.1 Å². The predicted octanol–water partition coefficient (Wildman–Crippen LogP) is 3.27. The molecule has 1 fully saturated rings. The largest absolute Gasteiger partial charge is 0.378 e. The van der Waals surface area contributed by atoms with Gasteiger partial charge in [-0.2, -0.15) is 0 Å². The highest BCUT2D eigenvalue weighted by atomic mass is 32.1. The van der Waals surface area contributed by atoms with Crippen LogP contribution < -0.4 is 4.90 Å². The van der Waals surface area contributed by atoms with E-state index in [9.17, 15) is 4.79 Å². The second kappa shape index (κ2) is 7.13. The molecule has 25 heavy (non-hydrogen) atoms. The molecule has 0 saturated carbocycles. The number of anilines is 1. The zero-order chi connectivity index (χ0) is 17.1. The lowest BCUT2D eigenvalue weighted by Gasteiger charge is -2.28. The second-order valence-electron chi connectivity index (χ2n) is 5.74. The number of hydrogen-bond acceptors (Lipinski definition) is 6. The summed E-state index contributed by atoms with van der Waals surface area (Å²) in [5, 5.41) is 1.11. The minimum atomic E-state index is 0.00733. The standard InChI is InChI=1S/C19H17N3O2S/c23-18(15-2-1-5-21-13-15)17-12-16(14-3-6-20-7-4-14)19(25-17)22-8-10-24-11-9-22/h1-7,12-13H,8-11H2. The van der Waals surface area contributed by atoms with E-state index < -0.39 is 0 Å². The topological polar surface area (TPSA) is 55.3 Å². The third kappa shape index (κ3) is 3.31. The van der Waals surface area contributed by atoms with Crippen LogP contribution in [0.1, 0.15) is 15.2 Å². The first kappa shape index (κ1) is 15.9. The highest BCUT2D eigenvalue weighted by molar-refractivity contribution is 7.18. The summed E-state index contributed by atoms with van der Waals surface area (Å²) in [6.07, 6.45) is 6.84. The first-order valence-corrected chi connectivity index (χ1v) is 8.96. The molecule has 0 atom stereocenters. The fourth-order valence-corrected chi connectivity index (χ4v) is 4.07. The number of pyridine rings is 2. The highest BCUT2D eigenvalue weighted by Gasteiger charge is 2.22. The van der Waals surface area contributed by atoms with Crippen molar-refractivity contribution < 1.29 is 9.53 Å². The number of thiophene rings is 1. The Morgan fingerprint density at radius 1 is 1.08 bits per heavy atom. The van der Waals surface area contributed by atoms with Crippen LogP contribution in [0, 0.1) is 0 Å². The average molecular weight is 351 g/mol. The lowest BCUT2D eigenvalue weighted by molar-refractivity contribution is 0.104. The SMILES string of the molecule is O=C(c1cccnc1)c1cc(-c2ccncc2)c(N2CCOCC2)s1. The van der Waals surface area contributed by atoms with Crippen molar-refractivity contribution >= 4 is 22.1 Å². The van der Waals surface area contributed by atoms with Crippen LogP contribution in [-0.4, -0.2) is 42.1 Å². The summed E-state index contributed by atoms with van der Waals surface area (Å²) in [5.74, 6) is 0.00733. The Morgan fingerprint density at radius 3 is 2.60 bits per heavy atom. The average Bonchev–Trinajstić information content (AvgIpc) is 3.15. The van der Waals surface area contributed by atoms with E-state index in [1.807, 2.05) is 18.2 Å². The molecule has 0 unspecified atom stereocenters. The molecule has 4 heterocycles. The van der Waals surface area contributed by atoms with E-state index in [4.69, 9.17) is 4.74 Å². The first-order chi connectivity index (χ1) is 12.3. The van der Waals surface area contributed by atoms with Crippen molar-refractivity contribution in [3.05, 3.63) is 65.6 Å². The molecule has 3 aromatic heterocycles. The van der Waals surface area contributed by atoms with Gasteiger partial charge in [0.1, 0.15) is 0 Å². The number of aromatic nitrogens is 2. The summed E-state index contributed by atoms with van der Waals surface area (Å²) in [5.41, 5.74) is 2.75. The van der Waals surface area contributed by atoms with E-state index in [1.54, 1.807) is 36.9 Å². The zero-order valence-electron chi connectivity index (χ0n) is 13.6. The van der Waals surface area contributed by atoms with Crippen molar-refractivity contribution in [1.82, 2.24) is 9.97 Å². The molecular weight excluding hydrogens is 334 g/mol. The summed E-state index contributed by atoms with van der Waals surface area (Å²) < 4.78 is 5.47. The van der Waals surface area contributed by atoms with E-state index in [2.05, 4.69) is 14.9 Å². The minimum Gasteiger partial charge on any atom is -0.378 e. The van der Waals surface area contributed by atoms with E-state index >= 15 is 0 Å². The quantitative estimate of drug-likeness (QED) is 0.675. The summed E-state index contributed by atoms with van der Waals surface area (Å²) in [6.45, 7) is 3.08. The van der Waals surface area contributed by atoms with Crippen molar-refractivity contribution in [2.24, 2.45) is 0 Å². The molecule has 4 rings (SSSR count). The molecule has 1 aliphatic rings. The number of morpholine rings is 1. The van der Waals surface area contributed by atoms with Crippen LogP contribution in [-0.2, 0) is 4.74 Å². The van der Waals surface area contributed by atoms with Crippen molar-refractivity contribution in [3.63, 3.8) is 0 Å². The van der Waals surface area contributed by atoms with Gasteiger partial charge in [-0.1, -0.05) is 0 Å². The molecule has 0 amide bonds. The summed E-state index contributed by atoms with van der Waals surface area (Å²) in [7, 11) is 0. The predicted molar refractivity (Wildman–Crippen MR) is 98.3 cm³/mol. The number of hydrogen-bond donors (Lipinski definition) is 0. The van der Waals surface area contributed by atoms with Gasteiger partial charge in [-0.05, 0) is 35.9 Å². The molecule has 0 radical (unpaired) electrons. The fourth-order valence-electron chi connectivity index (χ4n) is 2.87. The smallest absolute Gasteiger partial charge is 0.204 e. The van der Waals surface area contributed by atoms with Crippen molar-refractivity contribution in [2.75, 3.05) is 31.2 Å². The van der Waals surface area contributed by atoms with Gasteiger partial charge in [-0.3, -0.25) is 14.8 Å². The summed E-state index contributed by atoms with van der Waals surface area (Å²) in [4.78, 5) is 24.0. The molecule has 1 saturated heterocycles. The van der Waals surface area contributed by atoms with Gasteiger partial charge in [0.25, 0.3) is 0 Å². The Labute approximate surface area is 149 Å². The Bertz CT molecular complexity index is 859. The van der Waals surface area contributed by atoms with Crippen LogP contribution in [0.4, 0.5) is 5.00 Å². The molecule has 0 N–H and O–H groups in total. The number of ketones is 1. The number of ether oxygens (including phenoxy) is 1. The van der Waals surface area contributed by atoms with E-state index in [0.29, 0.717) is 18.8 Å². The van der Waals surface area contributed by atoms with Crippen LogP contribution in [0.15, 0.2) is 55.1 Å². The Morgan fingerprint density at radius 2 is 1.88 bits per heavy atom. The number of carbonyl (C=O) groups excluding carboxylic acids is 1. The highest BCUT2D eigenvalue weighted by Crippen LogP contribution is 2.40. The Kier molecular flexibility index (Phi) is 4.54. The molecule has 5 nitrogen and oxygen atoms in total. The maximum absolute atomic E-state index is 12.8. The molecular formula is C19H17N3O2S. The maximum atomic E-state index is 12.8. The zero-order valence-corrected chi connectivity index (χ0v) is 14.4. The van der Waals surface area contributed by atoms with Crippen LogP contribution >= 0.6 is 11.3 Å². The molecule has 3 aromatic rings. The maximum Gasteiger partial charge on any atom is 0.204 e. The number of rotatable bonds is 4. The van der Waals surface area contributed by atoms with Gasteiger partial charge in [0.15, 0.2) is 0 Å². The third-order valence-electron chi connectivity index (χ3n) is 4.15. The van der Waals surface area contributed by atoms with Crippen molar-refractivity contribution in [3.8, 4) is 11.1 Å². The summed E-state index contributed by atoms with van der Waals surface area (Å²) in [6, 6.07) is 9.53. The van der Waals surface area contributed by atoms with Crippen LogP contribution in [0.25, 0.3) is 11.1 Å². The van der Waals surface area contributed by atoms with Crippen LogP contribution in [0.3, 0.4) is 0 Å². The van der Waals surface area contributed by atoms with E-state index in [-0.39, 0.29) is 5.78 Å². The van der Waals surface area contributed by atoms with Gasteiger partial charge in [0, 0.05) is 49.0 Å². The molecule has 1 aliphatic heterocycles.